The molecule has 2 aromatic rings. The third kappa shape index (κ3) is 4.54. The lowest BCUT2D eigenvalue weighted by atomic mass is 9.97. The Balaban J connectivity index is 1.58. The maximum atomic E-state index is 13.4. The highest BCUT2D eigenvalue weighted by Gasteiger charge is 2.34. The van der Waals surface area contributed by atoms with Crippen molar-refractivity contribution in [1.29, 1.82) is 0 Å². The molecule has 0 unspecified atom stereocenters. The number of carbonyl (C=O) groups excluding carboxylic acids is 1. The fourth-order valence-corrected chi connectivity index (χ4v) is 3.95. The number of hydrogen-bond donors (Lipinski definition) is 0. The molecule has 0 aliphatic carbocycles. The molecule has 2 heterocycles. The first-order valence-corrected chi connectivity index (χ1v) is 10.1. The first-order chi connectivity index (χ1) is 14.0. The molecule has 0 spiro atoms. The van der Waals surface area contributed by atoms with Crippen molar-refractivity contribution in [3.8, 4) is 0 Å². The van der Waals surface area contributed by atoms with Crippen molar-refractivity contribution in [2.45, 2.75) is 19.4 Å². The fraction of sp³-hybridized carbons (Fsp3) is 0.391. The Morgan fingerprint density at radius 1 is 1.10 bits per heavy atom. The number of amides is 1. The van der Waals surface area contributed by atoms with E-state index in [1.54, 1.807) is 17.1 Å². The molecule has 0 saturated carbocycles. The normalized spacial score (nSPS) is 20.7. The zero-order valence-corrected chi connectivity index (χ0v) is 17.0. The van der Waals surface area contributed by atoms with Crippen LogP contribution in [0.1, 0.15) is 29.2 Å². The predicted molar refractivity (Wildman–Crippen MR) is 112 cm³/mol. The van der Waals surface area contributed by atoms with Crippen molar-refractivity contribution < 1.29 is 9.18 Å². The van der Waals surface area contributed by atoms with E-state index in [4.69, 9.17) is 5.10 Å². The standard InChI is InChI=1S/C23H27FN4O/c1-17-4-3-5-19(14-17)21-15-22(18-6-8-20(24)9-7-18)28(25-21)23(29)16-27-12-10-26(2)11-13-27/h3-9,14,22H,10-13,15-16H2,1-2H3/t22-/m1/s1. The molecule has 29 heavy (non-hydrogen) atoms. The van der Waals surface area contributed by atoms with Crippen molar-refractivity contribution in [1.82, 2.24) is 14.8 Å². The van der Waals surface area contributed by atoms with Crippen LogP contribution in [0.25, 0.3) is 0 Å². The number of carbonyl (C=O) groups is 1. The van der Waals surface area contributed by atoms with Crippen LogP contribution >= 0.6 is 0 Å². The number of likely N-dealkylation sites (N-methyl/N-ethyl adjacent to an activating group) is 1. The molecule has 1 fully saturated rings. The average Bonchev–Trinajstić information content (AvgIpc) is 3.16. The quantitative estimate of drug-likeness (QED) is 0.800. The van der Waals surface area contributed by atoms with Crippen LogP contribution in [0.5, 0.6) is 0 Å². The number of piperazine rings is 1. The molecule has 1 amide bonds. The van der Waals surface area contributed by atoms with E-state index in [0.29, 0.717) is 13.0 Å². The van der Waals surface area contributed by atoms with Gasteiger partial charge in [0.2, 0.25) is 0 Å². The second kappa shape index (κ2) is 8.43. The van der Waals surface area contributed by atoms with Crippen molar-refractivity contribution in [2.24, 2.45) is 5.10 Å². The van der Waals surface area contributed by atoms with Crippen LogP contribution in [-0.4, -0.2) is 66.2 Å². The summed E-state index contributed by atoms with van der Waals surface area (Å²) in [6, 6.07) is 14.4. The van der Waals surface area contributed by atoms with Crippen molar-refractivity contribution in [3.63, 3.8) is 0 Å². The molecule has 152 valence electrons. The van der Waals surface area contributed by atoms with E-state index >= 15 is 0 Å². The summed E-state index contributed by atoms with van der Waals surface area (Å²) in [5, 5.41) is 6.34. The van der Waals surface area contributed by atoms with Gasteiger partial charge in [-0.15, -0.1) is 0 Å². The maximum absolute atomic E-state index is 13.4. The molecule has 0 N–H and O–H groups in total. The lowest BCUT2D eigenvalue weighted by molar-refractivity contribution is -0.134. The van der Waals surface area contributed by atoms with E-state index in [-0.39, 0.29) is 17.8 Å². The average molecular weight is 394 g/mol. The van der Waals surface area contributed by atoms with Gasteiger partial charge in [0.05, 0.1) is 18.3 Å². The number of nitrogens with zero attached hydrogens (tertiary/aromatic N) is 4. The monoisotopic (exact) mass is 394 g/mol. The van der Waals surface area contributed by atoms with Crippen LogP contribution in [0.3, 0.4) is 0 Å². The van der Waals surface area contributed by atoms with E-state index in [0.717, 1.165) is 48.6 Å². The van der Waals surface area contributed by atoms with Crippen LogP contribution in [0.2, 0.25) is 0 Å². The van der Waals surface area contributed by atoms with Crippen LogP contribution in [-0.2, 0) is 4.79 Å². The summed E-state index contributed by atoms with van der Waals surface area (Å²) in [7, 11) is 2.10. The van der Waals surface area contributed by atoms with Crippen molar-refractivity contribution >= 4 is 11.6 Å². The largest absolute Gasteiger partial charge is 0.304 e. The Kier molecular flexibility index (Phi) is 5.74. The van der Waals surface area contributed by atoms with Gasteiger partial charge in [-0.1, -0.05) is 42.0 Å². The summed E-state index contributed by atoms with van der Waals surface area (Å²) in [4.78, 5) is 17.6. The third-order valence-electron chi connectivity index (χ3n) is 5.73. The van der Waals surface area contributed by atoms with Crippen LogP contribution in [0.4, 0.5) is 4.39 Å². The van der Waals surface area contributed by atoms with Gasteiger partial charge in [0.1, 0.15) is 5.82 Å². The first-order valence-electron chi connectivity index (χ1n) is 10.1. The van der Waals surface area contributed by atoms with Gasteiger partial charge in [-0.25, -0.2) is 9.40 Å². The van der Waals surface area contributed by atoms with E-state index in [2.05, 4.69) is 22.9 Å². The molecule has 6 heteroatoms. The summed E-state index contributed by atoms with van der Waals surface area (Å²) in [5.41, 5.74) is 4.00. The molecule has 0 bridgehead atoms. The van der Waals surface area contributed by atoms with E-state index in [1.807, 2.05) is 25.1 Å². The SMILES string of the molecule is Cc1cccc(C2=NN(C(=O)CN3CCN(C)CC3)[C@@H](c3ccc(F)cc3)C2)c1. The number of hydrazone groups is 1. The van der Waals surface area contributed by atoms with E-state index < -0.39 is 0 Å². The Morgan fingerprint density at radius 2 is 1.83 bits per heavy atom. The van der Waals surface area contributed by atoms with Crippen LogP contribution in [0.15, 0.2) is 53.6 Å². The van der Waals surface area contributed by atoms with Gasteiger partial charge in [-0.2, -0.15) is 5.10 Å². The van der Waals surface area contributed by atoms with Gasteiger partial charge in [-0.3, -0.25) is 9.69 Å². The van der Waals surface area contributed by atoms with Gasteiger partial charge in [0.15, 0.2) is 0 Å². The first kappa shape index (κ1) is 19.7. The van der Waals surface area contributed by atoms with E-state index in [1.165, 1.54) is 12.1 Å². The van der Waals surface area contributed by atoms with Gasteiger partial charge < -0.3 is 4.90 Å². The van der Waals surface area contributed by atoms with Crippen molar-refractivity contribution in [2.75, 3.05) is 39.8 Å². The second-order valence-corrected chi connectivity index (χ2v) is 8.01. The Morgan fingerprint density at radius 3 is 2.52 bits per heavy atom. The van der Waals surface area contributed by atoms with Crippen molar-refractivity contribution in [3.05, 3.63) is 71.0 Å². The van der Waals surface area contributed by atoms with Gasteiger partial charge in [0, 0.05) is 32.6 Å². The lowest BCUT2D eigenvalue weighted by Crippen LogP contribution is -2.48. The fourth-order valence-electron chi connectivity index (χ4n) is 3.95. The third-order valence-corrected chi connectivity index (χ3v) is 5.73. The Bertz CT molecular complexity index is 903. The summed E-state index contributed by atoms with van der Waals surface area (Å²) >= 11 is 0. The molecule has 0 aromatic heterocycles. The van der Waals surface area contributed by atoms with Crippen LogP contribution in [0, 0.1) is 12.7 Å². The molecule has 2 aliphatic heterocycles. The molecule has 2 aliphatic rings. The molecule has 1 atom stereocenters. The topological polar surface area (TPSA) is 39.2 Å². The van der Waals surface area contributed by atoms with E-state index in [9.17, 15) is 9.18 Å². The Hall–Kier alpha value is -2.57. The molecular formula is C23H27FN4O. The number of halogens is 1. The minimum Gasteiger partial charge on any atom is -0.304 e. The number of hydrogen-bond acceptors (Lipinski definition) is 4. The Labute approximate surface area is 171 Å². The molecule has 4 rings (SSSR count). The van der Waals surface area contributed by atoms with Gasteiger partial charge in [-0.05, 0) is 37.2 Å². The van der Waals surface area contributed by atoms with Gasteiger partial charge >= 0.3 is 0 Å². The minimum absolute atomic E-state index is 0.00784. The maximum Gasteiger partial charge on any atom is 0.257 e. The summed E-state index contributed by atoms with van der Waals surface area (Å²) in [6.45, 7) is 6.10. The number of aryl methyl sites for hydroxylation is 1. The van der Waals surface area contributed by atoms with Crippen LogP contribution < -0.4 is 0 Å². The van der Waals surface area contributed by atoms with Gasteiger partial charge in [0.25, 0.3) is 5.91 Å². The highest BCUT2D eigenvalue weighted by molar-refractivity contribution is 6.03. The minimum atomic E-state index is -0.276. The zero-order valence-electron chi connectivity index (χ0n) is 17.0. The molecular weight excluding hydrogens is 367 g/mol. The summed E-state index contributed by atoms with van der Waals surface area (Å²) in [5.74, 6) is -0.284. The highest BCUT2D eigenvalue weighted by Crippen LogP contribution is 2.33. The molecule has 5 nitrogen and oxygen atoms in total. The predicted octanol–water partition coefficient (Wildman–Crippen LogP) is 3.06. The second-order valence-electron chi connectivity index (χ2n) is 8.01. The number of rotatable bonds is 4. The number of benzene rings is 2. The zero-order chi connectivity index (χ0) is 20.4. The summed E-state index contributed by atoms with van der Waals surface area (Å²) in [6.07, 6.45) is 0.629. The smallest absolute Gasteiger partial charge is 0.257 e. The molecule has 2 aromatic carbocycles. The highest BCUT2D eigenvalue weighted by atomic mass is 19.1. The molecule has 1 saturated heterocycles. The summed E-state index contributed by atoms with van der Waals surface area (Å²) < 4.78 is 13.4. The lowest BCUT2D eigenvalue weighted by Gasteiger charge is -2.33. The molecule has 0 radical (unpaired) electrons.